The second-order valence-corrected chi connectivity index (χ2v) is 5.65. The SMILES string of the molecule is CCN1CCN(CCCNc2ncnc3ncccc23)CC1. The summed E-state index contributed by atoms with van der Waals surface area (Å²) in [7, 11) is 0. The van der Waals surface area contributed by atoms with E-state index in [1.54, 1.807) is 12.5 Å². The summed E-state index contributed by atoms with van der Waals surface area (Å²) < 4.78 is 0. The molecule has 0 atom stereocenters. The first kappa shape index (κ1) is 15.1. The molecule has 0 unspecified atom stereocenters. The molecule has 3 heterocycles. The van der Waals surface area contributed by atoms with Crippen LogP contribution in [0.3, 0.4) is 0 Å². The molecule has 0 amide bonds. The Hall–Kier alpha value is -1.79. The molecule has 3 rings (SSSR count). The van der Waals surface area contributed by atoms with Crippen molar-refractivity contribution in [1.29, 1.82) is 0 Å². The van der Waals surface area contributed by atoms with E-state index < -0.39 is 0 Å². The standard InChI is InChI=1S/C16H24N6/c1-2-21-9-11-22(12-10-21)8-4-7-18-16-14-5-3-6-17-15(14)19-13-20-16/h3,5-6,13H,2,4,7-12H2,1H3,(H,17,18,19,20). The summed E-state index contributed by atoms with van der Waals surface area (Å²) in [5, 5.41) is 4.41. The molecule has 1 N–H and O–H groups in total. The maximum absolute atomic E-state index is 4.33. The van der Waals surface area contributed by atoms with Crippen LogP contribution in [0.15, 0.2) is 24.7 Å². The number of piperazine rings is 1. The molecule has 2 aromatic rings. The Kier molecular flexibility index (Phi) is 5.13. The van der Waals surface area contributed by atoms with Crippen molar-refractivity contribution in [2.45, 2.75) is 13.3 Å². The first-order valence-corrected chi connectivity index (χ1v) is 8.11. The van der Waals surface area contributed by atoms with Gasteiger partial charge in [-0.15, -0.1) is 0 Å². The maximum Gasteiger partial charge on any atom is 0.164 e. The molecule has 1 saturated heterocycles. The van der Waals surface area contributed by atoms with Gasteiger partial charge in [0, 0.05) is 38.9 Å². The topological polar surface area (TPSA) is 57.2 Å². The van der Waals surface area contributed by atoms with Crippen LogP contribution in [0.2, 0.25) is 0 Å². The lowest BCUT2D eigenvalue weighted by molar-refractivity contribution is 0.137. The molecule has 1 aliphatic heterocycles. The Morgan fingerprint density at radius 3 is 2.73 bits per heavy atom. The highest BCUT2D eigenvalue weighted by Crippen LogP contribution is 2.16. The minimum absolute atomic E-state index is 0.746. The number of nitrogens with zero attached hydrogens (tertiary/aromatic N) is 5. The molecule has 1 aliphatic rings. The van der Waals surface area contributed by atoms with Crippen LogP contribution in [0.25, 0.3) is 11.0 Å². The van der Waals surface area contributed by atoms with Crippen LogP contribution >= 0.6 is 0 Å². The Morgan fingerprint density at radius 2 is 1.91 bits per heavy atom. The third kappa shape index (κ3) is 3.69. The summed E-state index contributed by atoms with van der Waals surface area (Å²) >= 11 is 0. The van der Waals surface area contributed by atoms with Gasteiger partial charge in [-0.2, -0.15) is 0 Å². The highest BCUT2D eigenvalue weighted by Gasteiger charge is 2.14. The normalized spacial score (nSPS) is 17.0. The lowest BCUT2D eigenvalue weighted by Crippen LogP contribution is -2.46. The quantitative estimate of drug-likeness (QED) is 0.815. The van der Waals surface area contributed by atoms with Crippen LogP contribution in [0, 0.1) is 0 Å². The van der Waals surface area contributed by atoms with Crippen LogP contribution < -0.4 is 5.32 Å². The van der Waals surface area contributed by atoms with E-state index in [1.807, 2.05) is 12.1 Å². The number of aromatic nitrogens is 3. The zero-order chi connectivity index (χ0) is 15.2. The lowest BCUT2D eigenvalue weighted by Gasteiger charge is -2.34. The number of fused-ring (bicyclic) bond motifs is 1. The number of nitrogens with one attached hydrogen (secondary N) is 1. The van der Waals surface area contributed by atoms with Crippen molar-refractivity contribution in [1.82, 2.24) is 24.8 Å². The predicted octanol–water partition coefficient (Wildman–Crippen LogP) is 1.46. The molecule has 2 aromatic heterocycles. The summed E-state index contributed by atoms with van der Waals surface area (Å²) in [6.07, 6.45) is 4.45. The second-order valence-electron chi connectivity index (χ2n) is 5.65. The highest BCUT2D eigenvalue weighted by atomic mass is 15.3. The van der Waals surface area contributed by atoms with Gasteiger partial charge >= 0.3 is 0 Å². The first-order chi connectivity index (χ1) is 10.9. The molecule has 0 bridgehead atoms. The number of hydrogen-bond donors (Lipinski definition) is 1. The van der Waals surface area contributed by atoms with Crippen molar-refractivity contribution in [3.8, 4) is 0 Å². The van der Waals surface area contributed by atoms with Gasteiger partial charge in [0.25, 0.3) is 0 Å². The Bertz CT molecular complexity index is 589. The third-order valence-electron chi connectivity index (χ3n) is 4.26. The molecule has 0 saturated carbocycles. The average Bonchev–Trinajstić information content (AvgIpc) is 2.59. The molecule has 0 spiro atoms. The molecule has 6 nitrogen and oxygen atoms in total. The molecule has 6 heteroatoms. The zero-order valence-corrected chi connectivity index (χ0v) is 13.2. The van der Waals surface area contributed by atoms with Gasteiger partial charge in [0.15, 0.2) is 5.65 Å². The number of likely N-dealkylation sites (N-methyl/N-ethyl adjacent to an activating group) is 1. The van der Waals surface area contributed by atoms with Gasteiger partial charge < -0.3 is 15.1 Å². The number of anilines is 1. The monoisotopic (exact) mass is 300 g/mol. The molecular weight excluding hydrogens is 276 g/mol. The van der Waals surface area contributed by atoms with E-state index in [0.29, 0.717) is 0 Å². The number of rotatable bonds is 6. The van der Waals surface area contributed by atoms with E-state index in [9.17, 15) is 0 Å². The fourth-order valence-electron chi connectivity index (χ4n) is 2.87. The van der Waals surface area contributed by atoms with Crippen LogP contribution in [0.5, 0.6) is 0 Å². The Morgan fingerprint density at radius 1 is 1.09 bits per heavy atom. The van der Waals surface area contributed by atoms with Crippen molar-refractivity contribution in [3.05, 3.63) is 24.7 Å². The molecule has 0 aromatic carbocycles. The fourth-order valence-corrected chi connectivity index (χ4v) is 2.87. The summed E-state index contributed by atoms with van der Waals surface area (Å²) in [5.74, 6) is 0.883. The minimum atomic E-state index is 0.746. The van der Waals surface area contributed by atoms with Gasteiger partial charge in [-0.1, -0.05) is 6.92 Å². The molecule has 0 radical (unpaired) electrons. The Balaban J connectivity index is 1.45. The maximum atomic E-state index is 4.33. The summed E-state index contributed by atoms with van der Waals surface area (Å²) in [6.45, 7) is 10.3. The smallest absolute Gasteiger partial charge is 0.164 e. The van der Waals surface area contributed by atoms with Gasteiger partial charge in [-0.25, -0.2) is 15.0 Å². The van der Waals surface area contributed by atoms with Crippen LogP contribution in [0.4, 0.5) is 5.82 Å². The molecular formula is C16H24N6. The van der Waals surface area contributed by atoms with Gasteiger partial charge in [0.2, 0.25) is 0 Å². The highest BCUT2D eigenvalue weighted by molar-refractivity contribution is 5.85. The predicted molar refractivity (Wildman–Crippen MR) is 89.0 cm³/mol. The van der Waals surface area contributed by atoms with Crippen LogP contribution in [-0.2, 0) is 0 Å². The van der Waals surface area contributed by atoms with E-state index in [-0.39, 0.29) is 0 Å². The molecule has 0 aliphatic carbocycles. The van der Waals surface area contributed by atoms with Gasteiger partial charge in [0.05, 0.1) is 5.39 Å². The third-order valence-corrected chi connectivity index (χ3v) is 4.26. The number of hydrogen-bond acceptors (Lipinski definition) is 6. The average molecular weight is 300 g/mol. The van der Waals surface area contributed by atoms with Crippen molar-refractivity contribution in [2.24, 2.45) is 0 Å². The first-order valence-electron chi connectivity index (χ1n) is 8.11. The fraction of sp³-hybridized carbons (Fsp3) is 0.562. The van der Waals surface area contributed by atoms with Crippen molar-refractivity contribution in [3.63, 3.8) is 0 Å². The van der Waals surface area contributed by atoms with E-state index in [1.165, 1.54) is 32.7 Å². The zero-order valence-electron chi connectivity index (χ0n) is 13.2. The second kappa shape index (κ2) is 7.47. The Labute approximate surface area is 131 Å². The van der Waals surface area contributed by atoms with Crippen molar-refractivity contribution in [2.75, 3.05) is 51.1 Å². The van der Waals surface area contributed by atoms with E-state index >= 15 is 0 Å². The van der Waals surface area contributed by atoms with Crippen molar-refractivity contribution < 1.29 is 0 Å². The summed E-state index contributed by atoms with van der Waals surface area (Å²) in [6, 6.07) is 3.93. The van der Waals surface area contributed by atoms with Gasteiger partial charge in [0.1, 0.15) is 12.1 Å². The van der Waals surface area contributed by atoms with Crippen molar-refractivity contribution >= 4 is 16.9 Å². The largest absolute Gasteiger partial charge is 0.369 e. The van der Waals surface area contributed by atoms with Crippen LogP contribution in [-0.4, -0.2) is 70.6 Å². The summed E-state index contributed by atoms with van der Waals surface area (Å²) in [5.41, 5.74) is 0.746. The van der Waals surface area contributed by atoms with E-state index in [4.69, 9.17) is 0 Å². The van der Waals surface area contributed by atoms with E-state index in [0.717, 1.165) is 36.4 Å². The van der Waals surface area contributed by atoms with Gasteiger partial charge in [-0.05, 0) is 31.6 Å². The van der Waals surface area contributed by atoms with Crippen LogP contribution in [0.1, 0.15) is 13.3 Å². The molecule has 1 fully saturated rings. The molecule has 22 heavy (non-hydrogen) atoms. The lowest BCUT2D eigenvalue weighted by atomic mass is 10.2. The summed E-state index contributed by atoms with van der Waals surface area (Å²) in [4.78, 5) is 17.8. The minimum Gasteiger partial charge on any atom is -0.369 e. The number of pyridine rings is 1. The molecule has 118 valence electrons. The van der Waals surface area contributed by atoms with E-state index in [2.05, 4.69) is 37.0 Å². The van der Waals surface area contributed by atoms with Gasteiger partial charge in [-0.3, -0.25) is 0 Å².